The van der Waals surface area contributed by atoms with E-state index in [1.165, 1.54) is 16.7 Å². The van der Waals surface area contributed by atoms with Crippen LogP contribution in [0.2, 0.25) is 0 Å². The van der Waals surface area contributed by atoms with Gasteiger partial charge in [0, 0.05) is 25.8 Å². The van der Waals surface area contributed by atoms with Crippen molar-refractivity contribution in [3.63, 3.8) is 0 Å². The van der Waals surface area contributed by atoms with Crippen LogP contribution < -0.4 is 10.5 Å². The van der Waals surface area contributed by atoms with Gasteiger partial charge in [0.15, 0.2) is 0 Å². The molecule has 2 heterocycles. The minimum atomic E-state index is 0.00513. The number of hydrogen-bond acceptors (Lipinski definition) is 4. The minimum absolute atomic E-state index is 0.00513. The molecule has 1 aromatic heterocycles. The summed E-state index contributed by atoms with van der Waals surface area (Å²) in [7, 11) is 0. The molecule has 1 aliphatic heterocycles. The third kappa shape index (κ3) is 4.30. The molecule has 0 radical (unpaired) electrons. The maximum Gasteiger partial charge on any atom is 0.137 e. The lowest BCUT2D eigenvalue weighted by Crippen LogP contribution is -2.43. The van der Waals surface area contributed by atoms with E-state index in [-0.39, 0.29) is 6.04 Å². The van der Waals surface area contributed by atoms with Crippen molar-refractivity contribution in [1.29, 1.82) is 0 Å². The van der Waals surface area contributed by atoms with Crippen LogP contribution in [-0.4, -0.2) is 35.6 Å². The van der Waals surface area contributed by atoms with Crippen LogP contribution >= 0.6 is 0 Å². The Balaban J connectivity index is 1.49. The van der Waals surface area contributed by atoms with Crippen molar-refractivity contribution in [1.82, 2.24) is 9.88 Å². The monoisotopic (exact) mass is 311 g/mol. The Bertz CT molecular complexity index is 644. The number of nitrogens with two attached hydrogens (primary N) is 1. The van der Waals surface area contributed by atoms with E-state index in [1.54, 1.807) is 6.20 Å². The Morgan fingerprint density at radius 2 is 2.09 bits per heavy atom. The summed E-state index contributed by atoms with van der Waals surface area (Å²) < 4.78 is 5.81. The Morgan fingerprint density at radius 1 is 1.26 bits per heavy atom. The van der Waals surface area contributed by atoms with Gasteiger partial charge in [-0.3, -0.25) is 9.88 Å². The predicted molar refractivity (Wildman–Crippen MR) is 92.5 cm³/mol. The van der Waals surface area contributed by atoms with Crippen molar-refractivity contribution in [2.75, 3.05) is 19.7 Å². The quantitative estimate of drug-likeness (QED) is 0.890. The molecule has 0 fully saturated rings. The summed E-state index contributed by atoms with van der Waals surface area (Å²) in [5.74, 6) is 0.809. The molecule has 23 heavy (non-hydrogen) atoms. The van der Waals surface area contributed by atoms with E-state index in [2.05, 4.69) is 41.1 Å². The van der Waals surface area contributed by atoms with Crippen molar-refractivity contribution < 1.29 is 4.74 Å². The van der Waals surface area contributed by atoms with Crippen molar-refractivity contribution in [2.24, 2.45) is 5.73 Å². The molecule has 4 nitrogen and oxygen atoms in total. The number of rotatable bonds is 6. The third-order valence-electron chi connectivity index (χ3n) is 4.34. The second-order valence-corrected chi connectivity index (χ2v) is 6.21. The van der Waals surface area contributed by atoms with Crippen LogP contribution in [-0.2, 0) is 19.4 Å². The molecule has 122 valence electrons. The molecule has 0 amide bonds. The summed E-state index contributed by atoms with van der Waals surface area (Å²) in [6.07, 6.45) is 5.69. The molecule has 0 saturated carbocycles. The highest BCUT2D eigenvalue weighted by atomic mass is 16.5. The number of hydrogen-bond donors (Lipinski definition) is 1. The number of aromatic nitrogens is 1. The van der Waals surface area contributed by atoms with Gasteiger partial charge in [0.2, 0.25) is 0 Å². The number of aryl methyl sites for hydroxylation is 1. The average molecular weight is 311 g/mol. The largest absolute Gasteiger partial charge is 0.490 e. The van der Waals surface area contributed by atoms with E-state index in [4.69, 9.17) is 10.5 Å². The number of benzene rings is 1. The van der Waals surface area contributed by atoms with Crippen molar-refractivity contribution in [3.05, 3.63) is 59.4 Å². The van der Waals surface area contributed by atoms with E-state index in [0.29, 0.717) is 6.61 Å². The lowest BCUT2D eigenvalue weighted by atomic mass is 10.00. The van der Waals surface area contributed by atoms with Crippen LogP contribution in [0.25, 0.3) is 0 Å². The van der Waals surface area contributed by atoms with Crippen LogP contribution in [0.15, 0.2) is 42.7 Å². The summed E-state index contributed by atoms with van der Waals surface area (Å²) in [5, 5.41) is 0. The molecule has 1 atom stereocenters. The van der Waals surface area contributed by atoms with Crippen LogP contribution in [0.1, 0.15) is 23.6 Å². The zero-order valence-corrected chi connectivity index (χ0v) is 13.7. The molecule has 0 aliphatic carbocycles. The fourth-order valence-corrected chi connectivity index (χ4v) is 3.03. The SMILES string of the molecule is CCc1cncc(OC[C@@H](N)CN2CCc3ccccc3C2)c1. The topological polar surface area (TPSA) is 51.4 Å². The molecular formula is C19H25N3O. The van der Waals surface area contributed by atoms with Gasteiger partial charge in [0.05, 0.1) is 12.2 Å². The first-order chi connectivity index (χ1) is 11.2. The Kier molecular flexibility index (Phi) is 5.26. The van der Waals surface area contributed by atoms with Gasteiger partial charge < -0.3 is 10.5 Å². The van der Waals surface area contributed by atoms with Gasteiger partial charge >= 0.3 is 0 Å². The molecule has 2 aromatic rings. The molecular weight excluding hydrogens is 286 g/mol. The van der Waals surface area contributed by atoms with Crippen LogP contribution in [0.5, 0.6) is 5.75 Å². The van der Waals surface area contributed by atoms with E-state index in [9.17, 15) is 0 Å². The molecule has 1 aromatic carbocycles. The van der Waals surface area contributed by atoms with Gasteiger partial charge in [-0.15, -0.1) is 0 Å². The van der Waals surface area contributed by atoms with Gasteiger partial charge in [-0.2, -0.15) is 0 Å². The normalized spacial score (nSPS) is 15.9. The molecule has 0 spiro atoms. The first-order valence-corrected chi connectivity index (χ1v) is 8.36. The Hall–Kier alpha value is -1.91. The highest BCUT2D eigenvalue weighted by molar-refractivity contribution is 5.29. The van der Waals surface area contributed by atoms with Gasteiger partial charge in [-0.05, 0) is 35.6 Å². The highest BCUT2D eigenvalue weighted by Crippen LogP contribution is 2.18. The molecule has 0 saturated heterocycles. The van der Waals surface area contributed by atoms with Crippen LogP contribution in [0.4, 0.5) is 0 Å². The lowest BCUT2D eigenvalue weighted by molar-refractivity contribution is 0.200. The van der Waals surface area contributed by atoms with Crippen molar-refractivity contribution >= 4 is 0 Å². The summed E-state index contributed by atoms with van der Waals surface area (Å²) in [5.41, 5.74) is 10.3. The fourth-order valence-electron chi connectivity index (χ4n) is 3.03. The zero-order chi connectivity index (χ0) is 16.1. The van der Waals surface area contributed by atoms with Crippen LogP contribution in [0, 0.1) is 0 Å². The fraction of sp³-hybridized carbons (Fsp3) is 0.421. The molecule has 3 rings (SSSR count). The summed E-state index contributed by atoms with van der Waals surface area (Å²) in [6, 6.07) is 10.7. The van der Waals surface area contributed by atoms with Gasteiger partial charge in [0.25, 0.3) is 0 Å². The summed E-state index contributed by atoms with van der Waals surface area (Å²) in [6.45, 7) is 5.54. The molecule has 1 aliphatic rings. The van der Waals surface area contributed by atoms with Crippen LogP contribution in [0.3, 0.4) is 0 Å². The third-order valence-corrected chi connectivity index (χ3v) is 4.34. The first-order valence-electron chi connectivity index (χ1n) is 8.36. The minimum Gasteiger partial charge on any atom is -0.490 e. The standard InChI is InChI=1S/C19H25N3O/c1-2-15-9-19(11-21-10-15)23-14-18(20)13-22-8-7-16-5-3-4-6-17(16)12-22/h3-6,9-11,18H,2,7-8,12-14,20H2,1H3/t18-/m0/s1. The molecule has 2 N–H and O–H groups in total. The predicted octanol–water partition coefficient (Wildman–Crippen LogP) is 2.41. The Morgan fingerprint density at radius 3 is 2.91 bits per heavy atom. The number of pyridine rings is 1. The van der Waals surface area contributed by atoms with Gasteiger partial charge in [-0.1, -0.05) is 31.2 Å². The van der Waals surface area contributed by atoms with E-state index < -0.39 is 0 Å². The maximum absolute atomic E-state index is 6.26. The molecule has 0 unspecified atom stereocenters. The molecule has 4 heteroatoms. The van der Waals surface area contributed by atoms with Gasteiger partial charge in [-0.25, -0.2) is 0 Å². The smallest absolute Gasteiger partial charge is 0.137 e. The van der Waals surface area contributed by atoms with E-state index in [1.807, 2.05) is 12.3 Å². The number of ether oxygens (including phenoxy) is 1. The van der Waals surface area contributed by atoms with Crippen molar-refractivity contribution in [2.45, 2.75) is 32.4 Å². The second-order valence-electron chi connectivity index (χ2n) is 6.21. The number of nitrogens with zero attached hydrogens (tertiary/aromatic N) is 2. The Labute approximate surface area is 138 Å². The first kappa shape index (κ1) is 16.0. The maximum atomic E-state index is 6.26. The summed E-state index contributed by atoms with van der Waals surface area (Å²) >= 11 is 0. The zero-order valence-electron chi connectivity index (χ0n) is 13.7. The van der Waals surface area contributed by atoms with Gasteiger partial charge in [0.1, 0.15) is 12.4 Å². The molecule has 0 bridgehead atoms. The summed E-state index contributed by atoms with van der Waals surface area (Å²) in [4.78, 5) is 6.61. The highest BCUT2D eigenvalue weighted by Gasteiger charge is 2.18. The van der Waals surface area contributed by atoms with E-state index >= 15 is 0 Å². The number of fused-ring (bicyclic) bond motifs is 1. The second kappa shape index (κ2) is 7.57. The average Bonchev–Trinajstić information content (AvgIpc) is 2.60. The van der Waals surface area contributed by atoms with Crippen molar-refractivity contribution in [3.8, 4) is 5.75 Å². The van der Waals surface area contributed by atoms with E-state index in [0.717, 1.165) is 38.2 Å². The lowest BCUT2D eigenvalue weighted by Gasteiger charge is -2.30.